The fourth-order valence-corrected chi connectivity index (χ4v) is 2.87. The molecule has 1 aromatic heterocycles. The molecule has 0 aliphatic rings. The number of anilines is 2. The fourth-order valence-electron chi connectivity index (χ4n) is 2.87. The van der Waals surface area contributed by atoms with Crippen LogP contribution in [0.15, 0.2) is 95.2 Å². The largest absolute Gasteiger partial charge is 0.380 e. The quantitative estimate of drug-likeness (QED) is 0.437. The Morgan fingerprint density at radius 3 is 2.06 bits per heavy atom. The number of nitrogens with two attached hydrogens (primary N) is 1. The van der Waals surface area contributed by atoms with Crippen molar-refractivity contribution < 1.29 is 14.0 Å². The molecule has 0 unspecified atom stereocenters. The molecule has 32 heavy (non-hydrogen) atoms. The number of nitrogens with one attached hydrogen (secondary N) is 1. The molecule has 1 amide bonds. The molecule has 0 radical (unpaired) electrons. The van der Waals surface area contributed by atoms with Crippen molar-refractivity contribution in [3.05, 3.63) is 102 Å². The number of benzene rings is 3. The van der Waals surface area contributed by atoms with Gasteiger partial charge in [-0.05, 0) is 48.5 Å². The maximum absolute atomic E-state index is 13.1. The fraction of sp³-hybridized carbons (Fsp3) is 0. The summed E-state index contributed by atoms with van der Waals surface area (Å²) in [6.45, 7) is 0. The van der Waals surface area contributed by atoms with Gasteiger partial charge in [0, 0.05) is 11.1 Å². The first-order valence-electron chi connectivity index (χ1n) is 9.55. The number of azo groups is 1. The van der Waals surface area contributed by atoms with Crippen molar-refractivity contribution in [3.8, 4) is 0 Å². The van der Waals surface area contributed by atoms with Crippen LogP contribution in [0.25, 0.3) is 0 Å². The van der Waals surface area contributed by atoms with E-state index >= 15 is 0 Å². The molecule has 8 nitrogen and oxygen atoms in total. The molecular weight excluding hydrogens is 411 g/mol. The van der Waals surface area contributed by atoms with E-state index in [1.165, 1.54) is 24.3 Å². The highest BCUT2D eigenvalue weighted by Gasteiger charge is 2.24. The van der Waals surface area contributed by atoms with E-state index in [-0.39, 0.29) is 17.3 Å². The molecule has 0 saturated carbocycles. The van der Waals surface area contributed by atoms with Crippen molar-refractivity contribution in [2.75, 3.05) is 11.1 Å². The summed E-state index contributed by atoms with van der Waals surface area (Å²) in [6.07, 6.45) is 0. The molecule has 158 valence electrons. The summed E-state index contributed by atoms with van der Waals surface area (Å²) in [4.78, 5) is 25.8. The predicted molar refractivity (Wildman–Crippen MR) is 118 cm³/mol. The van der Waals surface area contributed by atoms with Crippen LogP contribution in [0.4, 0.5) is 27.4 Å². The summed E-state index contributed by atoms with van der Waals surface area (Å²) in [5.41, 5.74) is 7.08. The number of rotatable bonds is 5. The van der Waals surface area contributed by atoms with Crippen LogP contribution in [0.3, 0.4) is 0 Å². The van der Waals surface area contributed by atoms with Gasteiger partial charge in [-0.15, -0.1) is 10.2 Å². The maximum Gasteiger partial charge on any atom is 0.280 e. The minimum absolute atomic E-state index is 0.00267. The summed E-state index contributed by atoms with van der Waals surface area (Å²) in [5, 5.41) is 14.8. The zero-order valence-electron chi connectivity index (χ0n) is 16.6. The molecule has 0 aliphatic heterocycles. The second-order valence-electron chi connectivity index (χ2n) is 6.66. The first-order chi connectivity index (χ1) is 15.5. The zero-order chi connectivity index (χ0) is 22.5. The minimum atomic E-state index is -0.510. The Hall–Kier alpha value is -4.66. The van der Waals surface area contributed by atoms with Crippen molar-refractivity contribution in [1.82, 2.24) is 9.78 Å². The van der Waals surface area contributed by atoms with Crippen LogP contribution in [0.1, 0.15) is 20.7 Å². The summed E-state index contributed by atoms with van der Waals surface area (Å²) in [7, 11) is 0. The highest BCUT2D eigenvalue weighted by molar-refractivity contribution is 6.08. The van der Waals surface area contributed by atoms with Crippen LogP contribution in [-0.4, -0.2) is 21.6 Å². The third-order valence-electron chi connectivity index (χ3n) is 4.46. The molecule has 1 heterocycles. The molecule has 0 fully saturated rings. The number of halogens is 1. The molecule has 9 heteroatoms. The molecule has 0 atom stereocenters. The Balaban J connectivity index is 1.76. The molecule has 0 bridgehead atoms. The van der Waals surface area contributed by atoms with Gasteiger partial charge in [-0.1, -0.05) is 36.4 Å². The van der Waals surface area contributed by atoms with Crippen molar-refractivity contribution >= 4 is 34.8 Å². The number of amides is 1. The first kappa shape index (κ1) is 20.6. The Morgan fingerprint density at radius 1 is 0.844 bits per heavy atom. The van der Waals surface area contributed by atoms with Gasteiger partial charge < -0.3 is 11.1 Å². The molecule has 4 aromatic rings. The highest BCUT2D eigenvalue weighted by Crippen LogP contribution is 2.34. The number of hydrogen-bond acceptors (Lipinski definition) is 6. The lowest BCUT2D eigenvalue weighted by Crippen LogP contribution is -2.20. The van der Waals surface area contributed by atoms with E-state index in [0.717, 1.165) is 4.68 Å². The predicted octanol–water partition coefficient (Wildman–Crippen LogP) is 4.96. The number of nitrogen functional groups attached to an aromatic ring is 1. The maximum atomic E-state index is 13.1. The second-order valence-corrected chi connectivity index (χ2v) is 6.66. The normalized spacial score (nSPS) is 10.9. The molecule has 3 N–H and O–H groups in total. The highest BCUT2D eigenvalue weighted by atomic mass is 19.1. The van der Waals surface area contributed by atoms with E-state index in [1.54, 1.807) is 60.7 Å². The van der Waals surface area contributed by atoms with Gasteiger partial charge in [0.25, 0.3) is 11.8 Å². The van der Waals surface area contributed by atoms with E-state index in [4.69, 9.17) is 5.73 Å². The Bertz CT molecular complexity index is 1290. The molecule has 4 rings (SSSR count). The third kappa shape index (κ3) is 4.41. The smallest absolute Gasteiger partial charge is 0.280 e. The topological polar surface area (TPSA) is 115 Å². The lowest BCUT2D eigenvalue weighted by molar-refractivity contribution is 0.0947. The standard InChI is InChI=1S/C23H17FN6O2/c24-17-11-13-18(14-12-17)27-28-19-20(25)29-30(23(32)16-9-5-2-6-10-16)21(19)26-22(31)15-7-3-1-4-8-15/h1-14H,(H2,25,29)(H,26,31). The lowest BCUT2D eigenvalue weighted by Gasteiger charge is -2.09. The lowest BCUT2D eigenvalue weighted by atomic mass is 10.2. The van der Waals surface area contributed by atoms with Crippen LogP contribution < -0.4 is 11.1 Å². The summed E-state index contributed by atoms with van der Waals surface area (Å²) in [6, 6.07) is 22.2. The van der Waals surface area contributed by atoms with Crippen LogP contribution in [0.5, 0.6) is 0 Å². The summed E-state index contributed by atoms with van der Waals surface area (Å²) >= 11 is 0. The SMILES string of the molecule is Nc1nn(C(=O)c2ccccc2)c(NC(=O)c2ccccc2)c1N=Nc1ccc(F)cc1. The van der Waals surface area contributed by atoms with Gasteiger partial charge in [-0.3, -0.25) is 9.59 Å². The molecule has 0 saturated heterocycles. The molecular formula is C23H17FN6O2. The van der Waals surface area contributed by atoms with Crippen molar-refractivity contribution in [2.24, 2.45) is 10.2 Å². The first-order valence-corrected chi connectivity index (χ1v) is 9.55. The second kappa shape index (κ2) is 9.00. The van der Waals surface area contributed by atoms with Crippen LogP contribution in [-0.2, 0) is 0 Å². The van der Waals surface area contributed by atoms with Gasteiger partial charge in [0.1, 0.15) is 5.82 Å². The van der Waals surface area contributed by atoms with Crippen molar-refractivity contribution in [1.29, 1.82) is 0 Å². The van der Waals surface area contributed by atoms with E-state index in [0.29, 0.717) is 16.8 Å². The van der Waals surface area contributed by atoms with Crippen molar-refractivity contribution in [2.45, 2.75) is 0 Å². The van der Waals surface area contributed by atoms with Gasteiger partial charge in [0.15, 0.2) is 17.3 Å². The number of carbonyl (C=O) groups is 2. The number of carbonyl (C=O) groups excluding carboxylic acids is 2. The van der Waals surface area contributed by atoms with E-state index < -0.39 is 17.6 Å². The number of nitrogens with zero attached hydrogens (tertiary/aromatic N) is 4. The van der Waals surface area contributed by atoms with Crippen LogP contribution >= 0.6 is 0 Å². The third-order valence-corrected chi connectivity index (χ3v) is 4.46. The van der Waals surface area contributed by atoms with Gasteiger partial charge in [0.05, 0.1) is 5.69 Å². The zero-order valence-corrected chi connectivity index (χ0v) is 16.6. The van der Waals surface area contributed by atoms with Gasteiger partial charge in [-0.2, -0.15) is 9.80 Å². The Labute approximate surface area is 182 Å². The van der Waals surface area contributed by atoms with Crippen molar-refractivity contribution in [3.63, 3.8) is 0 Å². The van der Waals surface area contributed by atoms with E-state index in [1.807, 2.05) is 0 Å². The summed E-state index contributed by atoms with van der Waals surface area (Å²) in [5.74, 6) is -1.55. The molecule has 3 aromatic carbocycles. The van der Waals surface area contributed by atoms with E-state index in [2.05, 4.69) is 20.6 Å². The number of hydrogen-bond donors (Lipinski definition) is 2. The minimum Gasteiger partial charge on any atom is -0.380 e. The van der Waals surface area contributed by atoms with Gasteiger partial charge in [-0.25, -0.2) is 4.39 Å². The van der Waals surface area contributed by atoms with Crippen LogP contribution in [0, 0.1) is 5.82 Å². The van der Waals surface area contributed by atoms with Gasteiger partial charge in [0.2, 0.25) is 0 Å². The average molecular weight is 428 g/mol. The average Bonchev–Trinajstić information content (AvgIpc) is 3.14. The monoisotopic (exact) mass is 428 g/mol. The Morgan fingerprint density at radius 2 is 1.44 bits per heavy atom. The Kier molecular flexibility index (Phi) is 5.80. The number of aromatic nitrogens is 2. The van der Waals surface area contributed by atoms with E-state index in [9.17, 15) is 14.0 Å². The summed E-state index contributed by atoms with van der Waals surface area (Å²) < 4.78 is 14.1. The van der Waals surface area contributed by atoms with Gasteiger partial charge >= 0.3 is 0 Å². The van der Waals surface area contributed by atoms with Crippen LogP contribution in [0.2, 0.25) is 0 Å². The molecule has 0 spiro atoms. The molecule has 0 aliphatic carbocycles.